The lowest BCUT2D eigenvalue weighted by Crippen LogP contribution is -2.43. The summed E-state index contributed by atoms with van der Waals surface area (Å²) in [7, 11) is 0. The summed E-state index contributed by atoms with van der Waals surface area (Å²) in [5.41, 5.74) is 1.87. The molecule has 0 unspecified atom stereocenters. The molecule has 1 amide bonds. The van der Waals surface area contributed by atoms with Gasteiger partial charge in [0.2, 0.25) is 0 Å². The zero-order chi connectivity index (χ0) is 17.2. The summed E-state index contributed by atoms with van der Waals surface area (Å²) in [5.74, 6) is 0.262. The molecule has 25 heavy (non-hydrogen) atoms. The van der Waals surface area contributed by atoms with E-state index in [1.807, 2.05) is 23.4 Å². The first-order chi connectivity index (χ1) is 12.2. The van der Waals surface area contributed by atoms with Gasteiger partial charge in [-0.3, -0.25) is 4.79 Å². The number of hydrogen-bond donors (Lipinski definition) is 0. The molecule has 2 aliphatic heterocycles. The van der Waals surface area contributed by atoms with Crippen LogP contribution in [0.2, 0.25) is 0 Å². The summed E-state index contributed by atoms with van der Waals surface area (Å²) < 4.78 is 20.6. The van der Waals surface area contributed by atoms with Crippen LogP contribution in [0.4, 0.5) is 4.39 Å². The van der Waals surface area contributed by atoms with Gasteiger partial charge in [0.25, 0.3) is 5.91 Å². The Balaban J connectivity index is 1.39. The van der Waals surface area contributed by atoms with Gasteiger partial charge in [0.05, 0.1) is 11.9 Å². The van der Waals surface area contributed by atoms with E-state index in [4.69, 9.17) is 4.74 Å². The van der Waals surface area contributed by atoms with Crippen molar-refractivity contribution < 1.29 is 13.9 Å². The van der Waals surface area contributed by atoms with E-state index in [1.165, 1.54) is 12.1 Å². The number of aromatic nitrogens is 2. The van der Waals surface area contributed by atoms with Gasteiger partial charge in [-0.05, 0) is 55.4 Å². The van der Waals surface area contributed by atoms with Crippen LogP contribution in [0.1, 0.15) is 37.2 Å². The Hall–Kier alpha value is -2.21. The van der Waals surface area contributed by atoms with Crippen molar-refractivity contribution >= 4 is 5.91 Å². The van der Waals surface area contributed by atoms with Crippen LogP contribution in [0.25, 0.3) is 5.69 Å². The van der Waals surface area contributed by atoms with Crippen molar-refractivity contribution in [3.8, 4) is 5.69 Å². The zero-order valence-corrected chi connectivity index (χ0v) is 14.1. The molecule has 0 N–H and O–H groups in total. The van der Waals surface area contributed by atoms with Gasteiger partial charge in [-0.15, -0.1) is 0 Å². The number of benzene rings is 1. The number of amides is 1. The van der Waals surface area contributed by atoms with Crippen molar-refractivity contribution in [2.45, 2.75) is 37.7 Å². The Bertz CT molecular complexity index is 747. The molecule has 0 saturated carbocycles. The average molecular weight is 343 g/mol. The Morgan fingerprint density at radius 1 is 1.24 bits per heavy atom. The minimum atomic E-state index is -0.268. The molecular formula is C19H22FN3O2. The molecule has 0 radical (unpaired) electrons. The van der Waals surface area contributed by atoms with E-state index in [-0.39, 0.29) is 17.8 Å². The molecule has 0 spiro atoms. The Labute approximate surface area is 146 Å². The van der Waals surface area contributed by atoms with E-state index in [1.54, 1.807) is 10.7 Å². The van der Waals surface area contributed by atoms with Gasteiger partial charge in [0.1, 0.15) is 11.9 Å². The first kappa shape index (κ1) is 16.3. The third-order valence-electron chi connectivity index (χ3n) is 5.16. The van der Waals surface area contributed by atoms with Crippen LogP contribution in [0, 0.1) is 5.82 Å². The highest BCUT2D eigenvalue weighted by Crippen LogP contribution is 2.29. The number of piperidine rings is 1. The van der Waals surface area contributed by atoms with Crippen molar-refractivity contribution in [3.05, 3.63) is 48.0 Å². The van der Waals surface area contributed by atoms with Gasteiger partial charge in [-0.1, -0.05) is 6.07 Å². The van der Waals surface area contributed by atoms with E-state index in [0.29, 0.717) is 12.5 Å². The maximum absolute atomic E-state index is 13.4. The minimum Gasteiger partial charge on any atom is -0.368 e. The lowest BCUT2D eigenvalue weighted by molar-refractivity contribution is -0.142. The quantitative estimate of drug-likeness (QED) is 0.861. The maximum atomic E-state index is 13.4. The van der Waals surface area contributed by atoms with Crippen LogP contribution in [0.3, 0.4) is 0 Å². The topological polar surface area (TPSA) is 47.4 Å². The minimum absolute atomic E-state index is 0.145. The highest BCUT2D eigenvalue weighted by molar-refractivity contribution is 5.81. The van der Waals surface area contributed by atoms with E-state index in [0.717, 1.165) is 50.0 Å². The highest BCUT2D eigenvalue weighted by atomic mass is 19.1. The normalized spacial score (nSPS) is 21.6. The Morgan fingerprint density at radius 2 is 2.08 bits per heavy atom. The van der Waals surface area contributed by atoms with Crippen molar-refractivity contribution in [2.75, 3.05) is 19.7 Å². The number of hydrogen-bond acceptors (Lipinski definition) is 3. The highest BCUT2D eigenvalue weighted by Gasteiger charge is 2.31. The van der Waals surface area contributed by atoms with Gasteiger partial charge < -0.3 is 9.64 Å². The van der Waals surface area contributed by atoms with E-state index >= 15 is 0 Å². The third-order valence-corrected chi connectivity index (χ3v) is 5.16. The fraction of sp³-hybridized carbons (Fsp3) is 0.474. The molecule has 2 fully saturated rings. The van der Waals surface area contributed by atoms with Gasteiger partial charge in [-0.25, -0.2) is 9.07 Å². The van der Waals surface area contributed by atoms with Crippen LogP contribution >= 0.6 is 0 Å². The third kappa shape index (κ3) is 3.44. The maximum Gasteiger partial charge on any atom is 0.251 e. The summed E-state index contributed by atoms with van der Waals surface area (Å²) in [5, 5.41) is 4.37. The molecular weight excluding hydrogens is 321 g/mol. The lowest BCUT2D eigenvalue weighted by Gasteiger charge is -2.33. The molecule has 1 aromatic carbocycles. The molecule has 2 saturated heterocycles. The van der Waals surface area contributed by atoms with Gasteiger partial charge in [0, 0.05) is 25.9 Å². The molecule has 0 aliphatic carbocycles. The van der Waals surface area contributed by atoms with Gasteiger partial charge in [-0.2, -0.15) is 5.10 Å². The second-order valence-electron chi connectivity index (χ2n) is 6.80. The Morgan fingerprint density at radius 3 is 2.80 bits per heavy atom. The summed E-state index contributed by atoms with van der Waals surface area (Å²) in [6.07, 6.45) is 7.27. The number of ether oxygens (including phenoxy) is 1. The standard InChI is InChI=1S/C19H22FN3O2/c20-16-3-1-4-17(11-16)23-13-15(12-21-23)14-6-8-22(9-7-14)19(24)18-5-2-10-25-18/h1,3-4,11-14,18H,2,5-10H2/t18-/m1/s1. The van der Waals surface area contributed by atoms with Gasteiger partial charge >= 0.3 is 0 Å². The fourth-order valence-electron chi connectivity index (χ4n) is 3.72. The van der Waals surface area contributed by atoms with Crippen LogP contribution in [-0.2, 0) is 9.53 Å². The fourth-order valence-corrected chi connectivity index (χ4v) is 3.72. The SMILES string of the molecule is O=C([C@H]1CCCO1)N1CCC(c2cnn(-c3cccc(F)c3)c2)CC1. The smallest absolute Gasteiger partial charge is 0.251 e. The summed E-state index contributed by atoms with van der Waals surface area (Å²) >= 11 is 0. The molecule has 1 aromatic heterocycles. The molecule has 1 atom stereocenters. The lowest BCUT2D eigenvalue weighted by atomic mass is 9.91. The van der Waals surface area contributed by atoms with E-state index in [9.17, 15) is 9.18 Å². The molecule has 132 valence electrons. The van der Waals surface area contributed by atoms with Crippen LogP contribution in [-0.4, -0.2) is 46.4 Å². The molecule has 0 bridgehead atoms. The number of carbonyl (C=O) groups is 1. The van der Waals surface area contributed by atoms with Gasteiger partial charge in [0.15, 0.2) is 0 Å². The van der Waals surface area contributed by atoms with Crippen molar-refractivity contribution in [1.82, 2.24) is 14.7 Å². The molecule has 3 heterocycles. The van der Waals surface area contributed by atoms with E-state index < -0.39 is 0 Å². The first-order valence-electron chi connectivity index (χ1n) is 8.91. The number of likely N-dealkylation sites (tertiary alicyclic amines) is 1. The number of carbonyl (C=O) groups excluding carboxylic acids is 1. The molecule has 2 aliphatic rings. The zero-order valence-electron chi connectivity index (χ0n) is 14.1. The summed E-state index contributed by atoms with van der Waals surface area (Å²) in [4.78, 5) is 14.3. The second kappa shape index (κ2) is 6.96. The van der Waals surface area contributed by atoms with Crippen molar-refractivity contribution in [1.29, 1.82) is 0 Å². The van der Waals surface area contributed by atoms with Crippen molar-refractivity contribution in [3.63, 3.8) is 0 Å². The van der Waals surface area contributed by atoms with Crippen LogP contribution in [0.15, 0.2) is 36.7 Å². The predicted molar refractivity (Wildman–Crippen MR) is 91.1 cm³/mol. The first-order valence-corrected chi connectivity index (χ1v) is 8.91. The summed E-state index contributed by atoms with van der Waals surface area (Å²) in [6, 6.07) is 6.41. The predicted octanol–water partition coefficient (Wildman–Crippen LogP) is 2.90. The molecule has 6 heteroatoms. The van der Waals surface area contributed by atoms with E-state index in [2.05, 4.69) is 5.10 Å². The number of nitrogens with zero attached hydrogens (tertiary/aromatic N) is 3. The second-order valence-corrected chi connectivity index (χ2v) is 6.80. The molecule has 2 aromatic rings. The number of rotatable bonds is 3. The molecule has 5 nitrogen and oxygen atoms in total. The average Bonchev–Trinajstić information content (AvgIpc) is 3.33. The summed E-state index contributed by atoms with van der Waals surface area (Å²) in [6.45, 7) is 2.22. The van der Waals surface area contributed by atoms with Crippen molar-refractivity contribution in [2.24, 2.45) is 0 Å². The number of halogens is 1. The largest absolute Gasteiger partial charge is 0.368 e. The molecule has 4 rings (SSSR count). The monoisotopic (exact) mass is 343 g/mol. The Kier molecular flexibility index (Phi) is 4.53. The van der Waals surface area contributed by atoms with Crippen LogP contribution in [0.5, 0.6) is 0 Å². The van der Waals surface area contributed by atoms with Crippen LogP contribution < -0.4 is 0 Å².